The van der Waals surface area contributed by atoms with Crippen molar-refractivity contribution in [1.82, 2.24) is 14.8 Å². The van der Waals surface area contributed by atoms with Crippen molar-refractivity contribution < 1.29 is 14.7 Å². The van der Waals surface area contributed by atoms with Gasteiger partial charge in [-0.3, -0.25) is 14.5 Å². The molecule has 28 heavy (non-hydrogen) atoms. The van der Waals surface area contributed by atoms with E-state index < -0.39 is 6.04 Å². The number of benzene rings is 1. The topological polar surface area (TPSA) is 74.6 Å². The molecule has 146 valence electrons. The van der Waals surface area contributed by atoms with Gasteiger partial charge in [-0.2, -0.15) is 0 Å². The highest BCUT2D eigenvalue weighted by atomic mass is 32.2. The molecule has 1 aromatic carbocycles. The van der Waals surface area contributed by atoms with E-state index in [1.807, 2.05) is 29.9 Å². The molecule has 1 aromatic heterocycles. The zero-order valence-electron chi connectivity index (χ0n) is 15.6. The smallest absolute Gasteiger partial charge is 0.266 e. The van der Waals surface area contributed by atoms with Gasteiger partial charge in [-0.1, -0.05) is 36.1 Å². The SMILES string of the molecule is CC(C(=O)NCCc1ccc(O)cc1)N1C(=O)C(=Cc2cccn2C)SC1=S. The number of hydrogen-bond donors (Lipinski definition) is 2. The van der Waals surface area contributed by atoms with Gasteiger partial charge in [0.05, 0.1) is 4.91 Å². The minimum Gasteiger partial charge on any atom is -0.508 e. The van der Waals surface area contributed by atoms with Gasteiger partial charge in [0.1, 0.15) is 16.1 Å². The number of thioether (sulfide) groups is 1. The number of thiocarbonyl (C=S) groups is 1. The van der Waals surface area contributed by atoms with Gasteiger partial charge in [0.15, 0.2) is 0 Å². The van der Waals surface area contributed by atoms with Crippen molar-refractivity contribution in [1.29, 1.82) is 0 Å². The maximum atomic E-state index is 12.8. The summed E-state index contributed by atoms with van der Waals surface area (Å²) < 4.78 is 2.29. The summed E-state index contributed by atoms with van der Waals surface area (Å²) >= 11 is 6.55. The molecular formula is C20H21N3O3S2. The lowest BCUT2D eigenvalue weighted by molar-refractivity contribution is -0.132. The Morgan fingerprint density at radius 2 is 2.04 bits per heavy atom. The summed E-state index contributed by atoms with van der Waals surface area (Å²) in [5.74, 6) is -0.299. The van der Waals surface area contributed by atoms with Crippen LogP contribution in [0.3, 0.4) is 0 Å². The van der Waals surface area contributed by atoms with Crippen LogP contribution in [-0.4, -0.2) is 43.3 Å². The Morgan fingerprint density at radius 3 is 2.68 bits per heavy atom. The minimum atomic E-state index is -0.688. The normalized spacial score (nSPS) is 16.6. The second kappa shape index (κ2) is 8.62. The predicted molar refractivity (Wildman–Crippen MR) is 115 cm³/mol. The summed E-state index contributed by atoms with van der Waals surface area (Å²) in [5.41, 5.74) is 1.90. The molecule has 0 radical (unpaired) electrons. The molecule has 1 fully saturated rings. The molecule has 0 aliphatic carbocycles. The van der Waals surface area contributed by atoms with Crippen LogP contribution in [0.5, 0.6) is 5.75 Å². The molecule has 1 aliphatic rings. The third-order valence-electron chi connectivity index (χ3n) is 4.50. The highest BCUT2D eigenvalue weighted by Gasteiger charge is 2.38. The fourth-order valence-corrected chi connectivity index (χ4v) is 4.23. The Morgan fingerprint density at radius 1 is 1.32 bits per heavy atom. The third-order valence-corrected chi connectivity index (χ3v) is 5.83. The van der Waals surface area contributed by atoms with Gasteiger partial charge in [-0.25, -0.2) is 0 Å². The zero-order chi connectivity index (χ0) is 20.3. The minimum absolute atomic E-state index is 0.208. The zero-order valence-corrected chi connectivity index (χ0v) is 17.2. The largest absolute Gasteiger partial charge is 0.508 e. The Kier molecular flexibility index (Phi) is 6.21. The van der Waals surface area contributed by atoms with E-state index in [1.54, 1.807) is 37.3 Å². The first-order chi connectivity index (χ1) is 13.4. The standard InChI is InChI=1S/C20H21N3O3S2/c1-13(18(25)21-10-9-14-5-7-16(24)8-6-14)23-19(26)17(28-20(23)27)12-15-4-3-11-22(15)2/h3-8,11-13,24H,9-10H2,1-2H3,(H,21,25). The number of aromatic hydroxyl groups is 1. The van der Waals surface area contributed by atoms with E-state index in [0.717, 1.165) is 11.3 Å². The van der Waals surface area contributed by atoms with E-state index in [1.165, 1.54) is 16.7 Å². The Bertz CT molecular complexity index is 934. The number of nitrogens with zero attached hydrogens (tertiary/aromatic N) is 2. The van der Waals surface area contributed by atoms with Crippen LogP contribution in [0.1, 0.15) is 18.2 Å². The number of hydrogen-bond acceptors (Lipinski definition) is 5. The second-order valence-corrected chi connectivity index (χ2v) is 8.15. The van der Waals surface area contributed by atoms with Crippen LogP contribution in [-0.2, 0) is 23.1 Å². The van der Waals surface area contributed by atoms with Crippen LogP contribution >= 0.6 is 24.0 Å². The lowest BCUT2D eigenvalue weighted by Gasteiger charge is -2.22. The molecule has 8 heteroatoms. The van der Waals surface area contributed by atoms with Gasteiger partial charge in [0.25, 0.3) is 5.91 Å². The highest BCUT2D eigenvalue weighted by Crippen LogP contribution is 2.33. The molecule has 3 rings (SSSR count). The van der Waals surface area contributed by atoms with Gasteiger partial charge >= 0.3 is 0 Å². The molecule has 1 unspecified atom stereocenters. The maximum Gasteiger partial charge on any atom is 0.266 e. The number of aromatic nitrogens is 1. The van der Waals surface area contributed by atoms with Crippen molar-refractivity contribution in [3.8, 4) is 5.75 Å². The fourth-order valence-electron chi connectivity index (χ4n) is 2.83. The molecule has 1 aliphatic heterocycles. The van der Waals surface area contributed by atoms with E-state index in [0.29, 0.717) is 22.2 Å². The van der Waals surface area contributed by atoms with Gasteiger partial charge in [-0.05, 0) is 49.2 Å². The fraction of sp³-hybridized carbons (Fsp3) is 0.250. The summed E-state index contributed by atoms with van der Waals surface area (Å²) in [6.45, 7) is 2.11. The summed E-state index contributed by atoms with van der Waals surface area (Å²) in [6, 6.07) is 9.95. The van der Waals surface area contributed by atoms with Crippen molar-refractivity contribution in [3.63, 3.8) is 0 Å². The first kappa shape index (κ1) is 20.2. The number of amides is 2. The number of aryl methyl sites for hydroxylation is 1. The van der Waals surface area contributed by atoms with Crippen molar-refractivity contribution in [3.05, 3.63) is 58.8 Å². The number of nitrogens with one attached hydrogen (secondary N) is 1. The van der Waals surface area contributed by atoms with Crippen LogP contribution < -0.4 is 5.32 Å². The van der Waals surface area contributed by atoms with E-state index in [2.05, 4.69) is 5.32 Å². The second-order valence-electron chi connectivity index (χ2n) is 6.48. The summed E-state index contributed by atoms with van der Waals surface area (Å²) in [5, 5.41) is 12.1. The third kappa shape index (κ3) is 4.45. The number of carbonyl (C=O) groups is 2. The van der Waals surface area contributed by atoms with E-state index >= 15 is 0 Å². The summed E-state index contributed by atoms with van der Waals surface area (Å²) in [7, 11) is 1.90. The van der Waals surface area contributed by atoms with Gasteiger partial charge < -0.3 is 15.0 Å². The molecular weight excluding hydrogens is 394 g/mol. The van der Waals surface area contributed by atoms with Gasteiger partial charge in [0.2, 0.25) is 5.91 Å². The molecule has 2 N–H and O–H groups in total. The molecule has 2 heterocycles. The Hall–Kier alpha value is -2.58. The van der Waals surface area contributed by atoms with Crippen molar-refractivity contribution in [2.45, 2.75) is 19.4 Å². The molecule has 6 nitrogen and oxygen atoms in total. The van der Waals surface area contributed by atoms with Crippen LogP contribution in [0, 0.1) is 0 Å². The monoisotopic (exact) mass is 415 g/mol. The van der Waals surface area contributed by atoms with Crippen molar-refractivity contribution in [2.75, 3.05) is 6.54 Å². The molecule has 1 saturated heterocycles. The first-order valence-electron chi connectivity index (χ1n) is 8.81. The average Bonchev–Trinajstić information content (AvgIpc) is 3.19. The molecule has 0 bridgehead atoms. The highest BCUT2D eigenvalue weighted by molar-refractivity contribution is 8.26. The quantitative estimate of drug-likeness (QED) is 0.561. The van der Waals surface area contributed by atoms with Crippen LogP contribution in [0.25, 0.3) is 6.08 Å². The van der Waals surface area contributed by atoms with Crippen LogP contribution in [0.4, 0.5) is 0 Å². The van der Waals surface area contributed by atoms with E-state index in [4.69, 9.17) is 12.2 Å². The van der Waals surface area contributed by atoms with Gasteiger partial charge in [0, 0.05) is 25.5 Å². The van der Waals surface area contributed by atoms with E-state index in [9.17, 15) is 14.7 Å². The average molecular weight is 416 g/mol. The molecule has 0 saturated carbocycles. The number of rotatable bonds is 6. The maximum absolute atomic E-state index is 12.8. The number of phenols is 1. The lowest BCUT2D eigenvalue weighted by Crippen LogP contribution is -2.47. The van der Waals surface area contributed by atoms with Gasteiger partial charge in [-0.15, -0.1) is 0 Å². The van der Waals surface area contributed by atoms with Crippen molar-refractivity contribution in [2.24, 2.45) is 7.05 Å². The Labute approximate surface area is 173 Å². The molecule has 2 amide bonds. The van der Waals surface area contributed by atoms with Crippen molar-refractivity contribution >= 4 is 46.2 Å². The lowest BCUT2D eigenvalue weighted by atomic mass is 10.1. The molecule has 0 spiro atoms. The number of carbonyl (C=O) groups excluding carboxylic acids is 2. The number of phenolic OH excluding ortho intramolecular Hbond substituents is 1. The van der Waals surface area contributed by atoms with Crippen LogP contribution in [0.15, 0.2) is 47.5 Å². The Balaban J connectivity index is 1.60. The van der Waals surface area contributed by atoms with Crippen LogP contribution in [0.2, 0.25) is 0 Å². The molecule has 1 atom stereocenters. The summed E-state index contributed by atoms with van der Waals surface area (Å²) in [4.78, 5) is 27.1. The predicted octanol–water partition coefficient (Wildman–Crippen LogP) is 2.68. The first-order valence-corrected chi connectivity index (χ1v) is 10.0. The molecule has 2 aromatic rings. The van der Waals surface area contributed by atoms with E-state index in [-0.39, 0.29) is 17.6 Å². The summed E-state index contributed by atoms with van der Waals surface area (Å²) in [6.07, 6.45) is 4.32.